The molecule has 8 heteroatoms. The second kappa shape index (κ2) is 6.93. The topological polar surface area (TPSA) is 44.1 Å². The third kappa shape index (κ3) is 3.15. The zero-order valence-corrected chi connectivity index (χ0v) is 13.0. The number of hydrogen-bond donors (Lipinski definition) is 0. The molecule has 22 heavy (non-hydrogen) atoms. The van der Waals surface area contributed by atoms with Crippen LogP contribution in [0.3, 0.4) is 0 Å². The number of hydrogen-bond acceptors (Lipinski definition) is 4. The van der Waals surface area contributed by atoms with E-state index >= 15 is 0 Å². The number of carbonyl (C=O) groups is 1. The lowest BCUT2D eigenvalue weighted by Crippen LogP contribution is -2.09. The van der Waals surface area contributed by atoms with Gasteiger partial charge >= 0.3 is 5.97 Å². The van der Waals surface area contributed by atoms with Gasteiger partial charge in [-0.25, -0.2) is 18.3 Å². The SMILES string of the molecule is CCOC(=O)c1nn(Cc2cccc(F)c2F)c(Cl)c1C=S. The van der Waals surface area contributed by atoms with Gasteiger partial charge in [0.05, 0.1) is 18.7 Å². The van der Waals surface area contributed by atoms with Gasteiger partial charge in [0.15, 0.2) is 17.3 Å². The molecule has 0 aliphatic rings. The number of rotatable bonds is 5. The maximum Gasteiger partial charge on any atom is 0.359 e. The van der Waals surface area contributed by atoms with Crippen LogP contribution in [-0.2, 0) is 11.3 Å². The zero-order valence-electron chi connectivity index (χ0n) is 11.5. The average Bonchev–Trinajstić information content (AvgIpc) is 2.80. The first-order chi connectivity index (χ1) is 10.5. The van der Waals surface area contributed by atoms with Gasteiger partial charge in [0.25, 0.3) is 0 Å². The van der Waals surface area contributed by atoms with Gasteiger partial charge in [0, 0.05) is 10.9 Å². The number of nitrogens with zero attached hydrogens (tertiary/aromatic N) is 2. The lowest BCUT2D eigenvalue weighted by molar-refractivity contribution is 0.0518. The second-order valence-electron chi connectivity index (χ2n) is 4.26. The van der Waals surface area contributed by atoms with Gasteiger partial charge < -0.3 is 4.74 Å². The molecule has 0 unspecified atom stereocenters. The smallest absolute Gasteiger partial charge is 0.359 e. The van der Waals surface area contributed by atoms with Crippen LogP contribution in [0, 0.1) is 11.6 Å². The molecule has 4 nitrogen and oxygen atoms in total. The Morgan fingerprint density at radius 2 is 2.23 bits per heavy atom. The molecule has 0 fully saturated rings. The molecule has 2 rings (SSSR count). The highest BCUT2D eigenvalue weighted by molar-refractivity contribution is 7.79. The minimum absolute atomic E-state index is 0.0516. The lowest BCUT2D eigenvalue weighted by Gasteiger charge is -2.05. The summed E-state index contributed by atoms with van der Waals surface area (Å²) in [6.07, 6.45) is 0. The molecule has 0 aliphatic carbocycles. The summed E-state index contributed by atoms with van der Waals surface area (Å²) in [6, 6.07) is 3.78. The van der Waals surface area contributed by atoms with Gasteiger partial charge in [-0.2, -0.15) is 5.10 Å². The molecule has 0 saturated carbocycles. The van der Waals surface area contributed by atoms with Crippen molar-refractivity contribution >= 4 is 35.2 Å². The fourth-order valence-electron chi connectivity index (χ4n) is 1.85. The number of thiocarbonyl (C=S) groups is 1. The summed E-state index contributed by atoms with van der Waals surface area (Å²) in [5.41, 5.74) is 0.210. The average molecular weight is 345 g/mol. The normalized spacial score (nSPS) is 10.5. The summed E-state index contributed by atoms with van der Waals surface area (Å²) in [5, 5.41) is 5.24. The molecular formula is C14H11ClF2N2O2S. The summed E-state index contributed by atoms with van der Waals surface area (Å²) in [5.74, 6) is -2.64. The Morgan fingerprint density at radius 1 is 1.50 bits per heavy atom. The summed E-state index contributed by atoms with van der Waals surface area (Å²) in [4.78, 5) is 11.8. The first kappa shape index (κ1) is 16.5. The number of benzene rings is 1. The Balaban J connectivity index is 2.42. The van der Waals surface area contributed by atoms with Gasteiger partial charge in [-0.3, -0.25) is 0 Å². The highest BCUT2D eigenvalue weighted by atomic mass is 35.5. The largest absolute Gasteiger partial charge is 0.461 e. The Morgan fingerprint density at radius 3 is 2.86 bits per heavy atom. The van der Waals surface area contributed by atoms with Crippen molar-refractivity contribution in [2.24, 2.45) is 0 Å². The van der Waals surface area contributed by atoms with Crippen LogP contribution in [0.1, 0.15) is 28.5 Å². The molecule has 1 aromatic heterocycles. The standard InChI is InChI=1S/C14H11ClF2N2O2S/c1-2-21-14(20)12-9(7-22)13(15)19(18-12)6-8-4-3-5-10(16)11(8)17/h3-5,7H,2,6H2,1H3. The fraction of sp³-hybridized carbons (Fsp3) is 0.214. The van der Waals surface area contributed by atoms with Crippen LogP contribution < -0.4 is 0 Å². The van der Waals surface area contributed by atoms with E-state index in [4.69, 9.17) is 28.6 Å². The van der Waals surface area contributed by atoms with Crippen LogP contribution in [0.2, 0.25) is 5.15 Å². The highest BCUT2D eigenvalue weighted by Gasteiger charge is 2.22. The van der Waals surface area contributed by atoms with E-state index in [1.807, 2.05) is 0 Å². The number of ether oxygens (including phenoxy) is 1. The van der Waals surface area contributed by atoms with Crippen molar-refractivity contribution in [1.29, 1.82) is 0 Å². The molecule has 1 aromatic carbocycles. The van der Waals surface area contributed by atoms with Crippen LogP contribution in [0.4, 0.5) is 8.78 Å². The highest BCUT2D eigenvalue weighted by Crippen LogP contribution is 2.22. The van der Waals surface area contributed by atoms with E-state index < -0.39 is 17.6 Å². The Hall–Kier alpha value is -1.86. The van der Waals surface area contributed by atoms with Crippen molar-refractivity contribution in [2.45, 2.75) is 13.5 Å². The van der Waals surface area contributed by atoms with Crippen molar-refractivity contribution in [3.05, 3.63) is 51.8 Å². The van der Waals surface area contributed by atoms with Gasteiger partial charge in [0.1, 0.15) is 5.15 Å². The van der Waals surface area contributed by atoms with E-state index in [0.717, 1.165) is 6.07 Å². The van der Waals surface area contributed by atoms with E-state index in [1.165, 1.54) is 22.2 Å². The third-order valence-corrected chi connectivity index (χ3v) is 3.50. The van der Waals surface area contributed by atoms with Gasteiger partial charge in [-0.05, 0) is 13.0 Å². The van der Waals surface area contributed by atoms with E-state index in [-0.39, 0.29) is 35.1 Å². The van der Waals surface area contributed by atoms with Crippen molar-refractivity contribution in [3.8, 4) is 0 Å². The Bertz CT molecular complexity index is 734. The van der Waals surface area contributed by atoms with E-state index in [1.54, 1.807) is 6.92 Å². The predicted octanol–water partition coefficient (Wildman–Crippen LogP) is 3.39. The number of aromatic nitrogens is 2. The molecule has 0 amide bonds. The summed E-state index contributed by atoms with van der Waals surface area (Å²) < 4.78 is 33.0. The van der Waals surface area contributed by atoms with Crippen LogP contribution >= 0.6 is 23.8 Å². The number of carbonyl (C=O) groups excluding carboxylic acids is 1. The van der Waals surface area contributed by atoms with E-state index in [2.05, 4.69) is 5.10 Å². The third-order valence-electron chi connectivity index (χ3n) is 2.86. The maximum atomic E-state index is 13.7. The molecule has 0 bridgehead atoms. The van der Waals surface area contributed by atoms with Crippen molar-refractivity contribution < 1.29 is 18.3 Å². The Kier molecular flexibility index (Phi) is 5.20. The van der Waals surface area contributed by atoms with Crippen LogP contribution in [0.5, 0.6) is 0 Å². The zero-order chi connectivity index (χ0) is 16.3. The number of halogens is 3. The fourth-order valence-corrected chi connectivity index (χ4v) is 2.38. The summed E-state index contributed by atoms with van der Waals surface area (Å²) in [6.45, 7) is 1.67. The summed E-state index contributed by atoms with van der Waals surface area (Å²) in [7, 11) is 0. The van der Waals surface area contributed by atoms with Crippen LogP contribution in [0.15, 0.2) is 18.2 Å². The van der Waals surface area contributed by atoms with Crippen LogP contribution in [0.25, 0.3) is 0 Å². The molecule has 2 aromatic rings. The van der Waals surface area contributed by atoms with Gasteiger partial charge in [-0.1, -0.05) is 36.0 Å². The molecule has 0 spiro atoms. The molecule has 0 aliphatic heterocycles. The van der Waals surface area contributed by atoms with E-state index in [0.29, 0.717) is 0 Å². The minimum atomic E-state index is -0.990. The van der Waals surface area contributed by atoms with Crippen molar-refractivity contribution in [2.75, 3.05) is 6.61 Å². The molecule has 1 heterocycles. The molecule has 0 N–H and O–H groups in total. The lowest BCUT2D eigenvalue weighted by atomic mass is 10.2. The molecular weight excluding hydrogens is 334 g/mol. The second-order valence-corrected chi connectivity index (χ2v) is 4.86. The first-order valence-electron chi connectivity index (χ1n) is 6.31. The van der Waals surface area contributed by atoms with Gasteiger partial charge in [0.2, 0.25) is 0 Å². The molecule has 0 atom stereocenters. The quantitative estimate of drug-likeness (QED) is 0.616. The Labute approximate surface area is 135 Å². The monoisotopic (exact) mass is 344 g/mol. The molecule has 0 radical (unpaired) electrons. The summed E-state index contributed by atoms with van der Waals surface area (Å²) >= 11 is 10.9. The number of esters is 1. The van der Waals surface area contributed by atoms with E-state index in [9.17, 15) is 13.6 Å². The van der Waals surface area contributed by atoms with Crippen molar-refractivity contribution in [3.63, 3.8) is 0 Å². The van der Waals surface area contributed by atoms with Gasteiger partial charge in [-0.15, -0.1) is 0 Å². The van der Waals surface area contributed by atoms with Crippen molar-refractivity contribution in [1.82, 2.24) is 9.78 Å². The van der Waals surface area contributed by atoms with Crippen LogP contribution in [-0.4, -0.2) is 27.7 Å². The maximum absolute atomic E-state index is 13.7. The first-order valence-corrected chi connectivity index (χ1v) is 7.16. The minimum Gasteiger partial charge on any atom is -0.461 e. The molecule has 116 valence electrons. The predicted molar refractivity (Wildman–Crippen MR) is 81.4 cm³/mol. The molecule has 0 saturated heterocycles.